The monoisotopic (exact) mass is 1880 g/mol. The number of imidazole rings is 4. The molecular weight excluding hydrogens is 1770 g/mol. The quantitative estimate of drug-likeness (QED) is 0.0285. The number of hydrogen-bond donors (Lipinski definition) is 9. The molecule has 0 bridgehead atoms. The Hall–Kier alpha value is -14.6. The lowest BCUT2D eigenvalue weighted by atomic mass is 9.92. The number of amides is 8. The van der Waals surface area contributed by atoms with Crippen LogP contribution in [-0.4, -0.2) is 217 Å². The zero-order valence-electron chi connectivity index (χ0n) is 80.0. The number of H-pyrrole nitrogens is 4. The van der Waals surface area contributed by atoms with Crippen LogP contribution in [0.15, 0.2) is 158 Å². The molecule has 8 amide bonds. The average molecular weight is 1880 g/mol. The maximum Gasteiger partial charge on any atom is 0.410 e. The summed E-state index contributed by atoms with van der Waals surface area (Å²) in [5.74, 6) is 2.60. The molecule has 0 saturated carbocycles. The number of carboxylic acid groups (broad SMARTS) is 1. The Morgan fingerprint density at radius 1 is 0.464 bits per heavy atom. The largest absolute Gasteiger partial charge is 0.488 e. The lowest BCUT2D eigenvalue weighted by Crippen LogP contribution is -2.52. The lowest BCUT2D eigenvalue weighted by molar-refractivity contribution is -0.140. The lowest BCUT2D eigenvalue weighted by Gasteiger charge is -2.32. The number of carboxylic acids is 1. The van der Waals surface area contributed by atoms with Crippen LogP contribution in [-0.2, 0) is 65.5 Å². The molecule has 0 aliphatic carbocycles. The van der Waals surface area contributed by atoms with Gasteiger partial charge in [-0.25, -0.2) is 48.7 Å². The molecule has 724 valence electrons. The predicted octanol–water partition coefficient (Wildman–Crippen LogP) is 16.9. The van der Waals surface area contributed by atoms with Crippen molar-refractivity contribution in [2.24, 2.45) is 23.7 Å². The van der Waals surface area contributed by atoms with Gasteiger partial charge in [-0.1, -0.05) is 125 Å². The number of aromatic nitrogens is 8. The van der Waals surface area contributed by atoms with Crippen LogP contribution in [0.5, 0.6) is 11.5 Å². The van der Waals surface area contributed by atoms with Gasteiger partial charge < -0.3 is 104 Å². The summed E-state index contributed by atoms with van der Waals surface area (Å²) in [5, 5.41) is 23.3. The number of carbonyl (C=O) groups excluding carboxylic acids is 8. The van der Waals surface area contributed by atoms with E-state index in [1.54, 1.807) is 60.5 Å². The van der Waals surface area contributed by atoms with Gasteiger partial charge in [0.05, 0.1) is 112 Å². The molecular formula is C103H118N16O19. The first kappa shape index (κ1) is 96.5. The molecule has 8 aromatic carbocycles. The van der Waals surface area contributed by atoms with Crippen LogP contribution in [0.4, 0.5) is 24.0 Å². The van der Waals surface area contributed by atoms with Crippen molar-refractivity contribution < 1.29 is 90.9 Å². The van der Waals surface area contributed by atoms with E-state index < -0.39 is 60.1 Å². The minimum atomic E-state index is -1.13. The zero-order valence-corrected chi connectivity index (χ0v) is 80.0. The van der Waals surface area contributed by atoms with Gasteiger partial charge in [0.1, 0.15) is 71.7 Å². The van der Waals surface area contributed by atoms with Crippen LogP contribution in [0.1, 0.15) is 183 Å². The van der Waals surface area contributed by atoms with Crippen LogP contribution in [0, 0.1) is 23.7 Å². The van der Waals surface area contributed by atoms with E-state index in [1.165, 1.54) is 28.4 Å². The van der Waals surface area contributed by atoms with E-state index in [1.807, 2.05) is 121 Å². The number of rotatable bonds is 22. The van der Waals surface area contributed by atoms with Gasteiger partial charge in [-0.05, 0) is 189 Å². The molecule has 9 N–H and O–H groups in total. The third-order valence-electron chi connectivity index (χ3n) is 26.6. The number of alkyl carbamates (subject to hydrolysis) is 4. The van der Waals surface area contributed by atoms with E-state index >= 15 is 0 Å². The number of fused-ring (bicyclic) bond motifs is 12. The Labute approximate surface area is 797 Å². The second-order valence-electron chi connectivity index (χ2n) is 37.6. The Kier molecular flexibility index (Phi) is 28.8. The molecule has 10 heterocycles. The summed E-state index contributed by atoms with van der Waals surface area (Å²) < 4.78 is 48.5. The Morgan fingerprint density at radius 2 is 0.877 bits per heavy atom. The minimum Gasteiger partial charge on any atom is -0.488 e. The molecule has 4 unspecified atom stereocenters. The molecule has 35 heteroatoms. The maximum absolute atomic E-state index is 14.3. The number of aliphatic carboxylic acids is 1. The number of nitrogens with zero attached hydrogens (tertiary/aromatic N) is 8. The van der Waals surface area contributed by atoms with Crippen molar-refractivity contribution in [3.05, 3.63) is 204 Å². The predicted molar refractivity (Wildman–Crippen MR) is 514 cm³/mol. The summed E-state index contributed by atoms with van der Waals surface area (Å²) in [4.78, 5) is 155. The number of benzene rings is 8. The van der Waals surface area contributed by atoms with Crippen molar-refractivity contribution in [2.75, 3.05) is 69.0 Å². The summed E-state index contributed by atoms with van der Waals surface area (Å²) in [6, 6.07) is 42.1. The Morgan fingerprint density at radius 3 is 1.29 bits per heavy atom. The van der Waals surface area contributed by atoms with E-state index in [2.05, 4.69) is 119 Å². The number of methoxy groups -OCH3 is 6. The molecule has 0 spiro atoms. The van der Waals surface area contributed by atoms with Gasteiger partial charge in [0.25, 0.3) is 5.91 Å². The van der Waals surface area contributed by atoms with E-state index in [9.17, 15) is 43.2 Å². The minimum absolute atomic E-state index is 0.0184. The van der Waals surface area contributed by atoms with Gasteiger partial charge >= 0.3 is 36.4 Å². The summed E-state index contributed by atoms with van der Waals surface area (Å²) in [6.45, 7) is 20.1. The number of ether oxygens (including phenoxy) is 9. The Balaban J connectivity index is 0.000000174. The normalized spacial score (nSPS) is 19.5. The number of nitrogens with one attached hydrogen (secondary N) is 8. The first-order chi connectivity index (χ1) is 66.3. The maximum atomic E-state index is 14.3. The highest BCUT2D eigenvalue weighted by Crippen LogP contribution is 2.48. The molecule has 0 radical (unpaired) electrons. The van der Waals surface area contributed by atoms with Crippen molar-refractivity contribution in [2.45, 2.75) is 180 Å². The first-order valence-corrected chi connectivity index (χ1v) is 46.5. The highest BCUT2D eigenvalue weighted by molar-refractivity contribution is 6.09. The SMILES string of the molecule is COC(=O)NC(C(=O)O)c1ccccc1.COC[C@H]1CC(c2ncc(-c3ccc4c(c3)COc3cc5c(ccc6[nH]c([C@@H]7CC[C@H](C)N7C(=O)[C@@H](NC(=O)OC)C(C)C)nc65)cc3-4)[nH]2)N(C(=O)C(NC(=O)OC)c2ccccc2)C1.COC[C@H]1CC(c2ncc(-c3ccc4c(c3)COc3cc5c(ccc6[nH]c([C@@H]7CC[C@H](C)N7C(=O)[C@@H](NC(=O)OC)C(C)C)nc65)cc3-4)[nH]2)N(C(=O)OC(C)(C)C)C1. The molecule has 6 aliphatic rings. The van der Waals surface area contributed by atoms with Crippen LogP contribution < -0.4 is 30.7 Å². The van der Waals surface area contributed by atoms with Gasteiger partial charge in [-0.15, -0.1) is 0 Å². The van der Waals surface area contributed by atoms with Crippen molar-refractivity contribution >= 4 is 97.8 Å². The van der Waals surface area contributed by atoms with E-state index in [4.69, 9.17) is 62.9 Å². The van der Waals surface area contributed by atoms with Crippen molar-refractivity contribution in [3.63, 3.8) is 0 Å². The summed E-state index contributed by atoms with van der Waals surface area (Å²) in [7, 11) is 8.38. The van der Waals surface area contributed by atoms with Crippen molar-refractivity contribution in [3.8, 4) is 56.3 Å². The van der Waals surface area contributed by atoms with Gasteiger partial charge in [-0.2, -0.15) is 0 Å². The van der Waals surface area contributed by atoms with Crippen LogP contribution in [0.2, 0.25) is 0 Å². The smallest absolute Gasteiger partial charge is 0.410 e. The van der Waals surface area contributed by atoms with Crippen LogP contribution in [0.25, 0.3) is 88.4 Å². The second-order valence-corrected chi connectivity index (χ2v) is 37.6. The van der Waals surface area contributed by atoms with Gasteiger partial charge in [0.15, 0.2) is 6.04 Å². The molecule has 138 heavy (non-hydrogen) atoms. The molecule has 35 nitrogen and oxygen atoms in total. The molecule has 4 saturated heterocycles. The molecule has 4 fully saturated rings. The second kappa shape index (κ2) is 41.1. The molecule has 12 atom stereocenters. The van der Waals surface area contributed by atoms with Crippen LogP contribution >= 0.6 is 0 Å². The molecule has 12 aromatic rings. The number of likely N-dealkylation sites (tertiary alicyclic amines) is 4. The van der Waals surface area contributed by atoms with Gasteiger partial charge in [0.2, 0.25) is 11.8 Å². The standard InChI is InChI=1S/C49H54N8O8.C44H53N7O7.C10H11NO4/c1-26(2)41(54-48(60)63-5)47(59)57-27(3)12-17-38(57)45-51-36-16-14-30-20-35-33-15-13-31(19-32(33)25-65-40(35)21-34(30)43(36)53-45)37-22-50-44(52-37)39-18-28(24-62-4)23-56(39)46(58)42(55-49(61)64-6)29-10-8-7-9-11-29;1-23(2)37(49-42(53)56-8)41(52)51-24(3)9-14-34(51)40-46-32-13-11-26-17-31-29-12-10-27(16-28(29)22-57-36(31)18-30(26)38(32)48-40)33-19-45-39(47-33)35-15-25(21-55-7)20-50(35)43(54)58-44(4,5)6;1-15-10(14)11-8(9(12)13)7-5-3-2-4-6-7/h7-11,13-16,19-22,26-28,38-39,41-42H,12,17-18,23-25H2,1-6H3,(H,50,52)(H,51,53)(H,54,60)(H,55,61);10-13,16-19,23-25,34-35,37H,9,14-15,20-22H2,1-8H3,(H,45,47)(H,46,48)(H,49,53);2-6,8H,1H3,(H,11,14)(H,12,13)/t27-,28-,38-,39?,41-,42?;24-,25-,34-,35?,37-;/m00./s1. The fraction of sp³-hybridized carbons (Fsp3) is 0.408. The number of carbonyl (C=O) groups is 9. The van der Waals surface area contributed by atoms with Gasteiger partial charge in [-0.3, -0.25) is 19.3 Å². The highest BCUT2D eigenvalue weighted by atomic mass is 16.6. The molecule has 4 aromatic heterocycles. The van der Waals surface area contributed by atoms with Crippen LogP contribution in [0.3, 0.4) is 0 Å². The van der Waals surface area contributed by atoms with E-state index in [0.717, 1.165) is 155 Å². The number of hydrogen-bond acceptors (Lipinski definition) is 22. The third-order valence-corrected chi connectivity index (χ3v) is 26.6. The summed E-state index contributed by atoms with van der Waals surface area (Å²) in [6.07, 6.45) is 5.02. The topological polar surface area (TPSA) is 433 Å². The third kappa shape index (κ3) is 20.3. The highest BCUT2D eigenvalue weighted by Gasteiger charge is 2.47. The average Bonchev–Trinajstić information content (AvgIpc) is 1.47. The fourth-order valence-corrected chi connectivity index (χ4v) is 19.8. The van der Waals surface area contributed by atoms with E-state index in [0.29, 0.717) is 68.7 Å². The van der Waals surface area contributed by atoms with Crippen molar-refractivity contribution in [1.29, 1.82) is 0 Å². The molecule has 18 rings (SSSR count). The zero-order chi connectivity index (χ0) is 97.8. The van der Waals surface area contributed by atoms with Crippen molar-refractivity contribution in [1.82, 2.24) is 80.7 Å². The molecule has 6 aliphatic heterocycles. The summed E-state index contributed by atoms with van der Waals surface area (Å²) in [5.41, 5.74) is 13.7. The summed E-state index contributed by atoms with van der Waals surface area (Å²) >= 11 is 0. The number of aromatic amines is 4. The fourth-order valence-electron chi connectivity index (χ4n) is 19.8. The Bertz CT molecular complexity index is 6550. The van der Waals surface area contributed by atoms with Gasteiger partial charge in [0, 0.05) is 73.1 Å². The van der Waals surface area contributed by atoms with E-state index in [-0.39, 0.29) is 83.7 Å². The first-order valence-electron chi connectivity index (χ1n) is 46.5.